The Hall–Kier alpha value is -3.66. The lowest BCUT2D eigenvalue weighted by Gasteiger charge is -2.26. The van der Waals surface area contributed by atoms with E-state index in [0.29, 0.717) is 22.3 Å². The number of nitrogens with zero attached hydrogens (tertiary/aromatic N) is 3. The van der Waals surface area contributed by atoms with Crippen LogP contribution in [0.4, 0.5) is 35.0 Å². The molecule has 11 heteroatoms. The predicted molar refractivity (Wildman–Crippen MR) is 109 cm³/mol. The first-order chi connectivity index (χ1) is 14.7. The largest absolute Gasteiger partial charge is 0.446 e. The molecular weight excluding hydrogens is 435 g/mol. The molecule has 0 unspecified atom stereocenters. The molecule has 0 fully saturated rings. The Morgan fingerprint density at radius 1 is 1.16 bits per heavy atom. The van der Waals surface area contributed by atoms with E-state index in [1.807, 2.05) is 0 Å². The molecule has 4 rings (SSSR count). The number of carbonyl (C=O) groups is 1. The number of urea groups is 1. The Morgan fingerprint density at radius 3 is 2.52 bits per heavy atom. The van der Waals surface area contributed by atoms with Crippen LogP contribution in [0.2, 0.25) is 5.02 Å². The van der Waals surface area contributed by atoms with E-state index in [9.17, 15) is 18.0 Å². The molecule has 0 saturated carbocycles. The standard InChI is InChI=1S/C20H15ClF3N5O2/c21-15-6-1-11(20(22,23)24)9-16(15)29(19(26)30)13-4-2-12(3-5-13)28-10-27-18-14(17(28)25)7-8-31-18/h1-9H,10,25H2,(H2,26,30). The van der Waals surface area contributed by atoms with E-state index >= 15 is 0 Å². The highest BCUT2D eigenvalue weighted by Crippen LogP contribution is 2.38. The molecule has 1 aromatic heterocycles. The van der Waals surface area contributed by atoms with E-state index in [1.54, 1.807) is 23.1 Å². The van der Waals surface area contributed by atoms with Crippen molar-refractivity contribution in [1.29, 1.82) is 0 Å². The third-order valence-electron chi connectivity index (χ3n) is 4.72. The van der Waals surface area contributed by atoms with Crippen LogP contribution in [0.25, 0.3) is 5.82 Å². The van der Waals surface area contributed by atoms with Crippen LogP contribution in [0.5, 0.6) is 0 Å². The number of rotatable bonds is 3. The maximum Gasteiger partial charge on any atom is 0.416 e. The number of furan rings is 1. The molecule has 0 radical (unpaired) electrons. The minimum atomic E-state index is -4.61. The number of nitrogens with two attached hydrogens (primary N) is 2. The van der Waals surface area contributed by atoms with Gasteiger partial charge in [-0.3, -0.25) is 4.90 Å². The zero-order chi connectivity index (χ0) is 22.3. The number of halogens is 4. The van der Waals surface area contributed by atoms with Gasteiger partial charge in [0.1, 0.15) is 12.5 Å². The molecule has 160 valence electrons. The summed E-state index contributed by atoms with van der Waals surface area (Å²) < 4.78 is 44.6. The summed E-state index contributed by atoms with van der Waals surface area (Å²) in [6, 6.07) is 9.70. The van der Waals surface area contributed by atoms with Gasteiger partial charge in [-0.05, 0) is 48.5 Å². The van der Waals surface area contributed by atoms with Gasteiger partial charge in [-0.2, -0.15) is 13.2 Å². The predicted octanol–water partition coefficient (Wildman–Crippen LogP) is 3.29. The van der Waals surface area contributed by atoms with Crippen molar-refractivity contribution in [1.82, 2.24) is 0 Å². The highest BCUT2D eigenvalue weighted by Gasteiger charge is 2.32. The number of carbonyl (C=O) groups excluding carboxylic acids is 1. The van der Waals surface area contributed by atoms with Crippen molar-refractivity contribution in [2.75, 3.05) is 16.5 Å². The first-order valence-electron chi connectivity index (χ1n) is 8.88. The normalized spacial score (nSPS) is 13.5. The van der Waals surface area contributed by atoms with Crippen molar-refractivity contribution >= 4 is 40.5 Å². The molecule has 7 nitrogen and oxygen atoms in total. The Kier molecular flexibility index (Phi) is 5.02. The number of alkyl halides is 3. The molecule has 31 heavy (non-hydrogen) atoms. The summed E-state index contributed by atoms with van der Waals surface area (Å²) in [4.78, 5) is 19.0. The van der Waals surface area contributed by atoms with E-state index in [4.69, 9.17) is 27.5 Å². The number of benzene rings is 2. The second-order valence-electron chi connectivity index (χ2n) is 6.61. The monoisotopic (exact) mass is 449 g/mol. The molecule has 1 aliphatic heterocycles. The second-order valence-corrected chi connectivity index (χ2v) is 7.01. The van der Waals surface area contributed by atoms with Crippen LogP contribution in [0.15, 0.2) is 64.2 Å². The maximum atomic E-state index is 13.1. The number of fused-ring (bicyclic) bond motifs is 1. The molecule has 0 bridgehead atoms. The van der Waals surface area contributed by atoms with E-state index in [0.717, 1.165) is 23.1 Å². The van der Waals surface area contributed by atoms with Gasteiger partial charge in [0.05, 0.1) is 33.4 Å². The number of hydrogen-bond donors (Lipinski definition) is 2. The SMILES string of the molecule is NC(=O)N(c1ccc(N2CN=c3occc3=C2N)cc1)c1cc(C(F)(F)F)ccc1Cl. The molecule has 1 aliphatic rings. The Morgan fingerprint density at radius 2 is 1.87 bits per heavy atom. The summed E-state index contributed by atoms with van der Waals surface area (Å²) in [5.41, 5.74) is 11.8. The first-order valence-corrected chi connectivity index (χ1v) is 9.26. The highest BCUT2D eigenvalue weighted by atomic mass is 35.5. The molecule has 4 N–H and O–H groups in total. The van der Waals surface area contributed by atoms with Gasteiger partial charge < -0.3 is 20.8 Å². The highest BCUT2D eigenvalue weighted by molar-refractivity contribution is 6.34. The minimum Gasteiger partial charge on any atom is -0.446 e. The van der Waals surface area contributed by atoms with Gasteiger partial charge in [0.25, 0.3) is 0 Å². The number of anilines is 3. The second kappa shape index (κ2) is 7.55. The fraction of sp³-hybridized carbons (Fsp3) is 0.100. The zero-order valence-electron chi connectivity index (χ0n) is 15.7. The van der Waals surface area contributed by atoms with Crippen molar-refractivity contribution in [3.63, 3.8) is 0 Å². The van der Waals surface area contributed by atoms with E-state index in [1.165, 1.54) is 18.4 Å². The van der Waals surface area contributed by atoms with Crippen LogP contribution in [-0.4, -0.2) is 12.7 Å². The summed E-state index contributed by atoms with van der Waals surface area (Å²) >= 11 is 6.08. The van der Waals surface area contributed by atoms with Crippen LogP contribution in [0.3, 0.4) is 0 Å². The van der Waals surface area contributed by atoms with Gasteiger partial charge in [-0.25, -0.2) is 9.79 Å². The van der Waals surface area contributed by atoms with Gasteiger partial charge in [0.2, 0.25) is 5.55 Å². The smallest absolute Gasteiger partial charge is 0.416 e. The van der Waals surface area contributed by atoms with Crippen molar-refractivity contribution in [2.24, 2.45) is 16.5 Å². The fourth-order valence-electron chi connectivity index (χ4n) is 3.22. The van der Waals surface area contributed by atoms with Gasteiger partial charge in [0.15, 0.2) is 0 Å². The van der Waals surface area contributed by atoms with Crippen LogP contribution in [0, 0.1) is 0 Å². The summed E-state index contributed by atoms with van der Waals surface area (Å²) in [5.74, 6) is 0.430. The number of amides is 2. The van der Waals surface area contributed by atoms with E-state index in [2.05, 4.69) is 4.99 Å². The van der Waals surface area contributed by atoms with Gasteiger partial charge in [-0.15, -0.1) is 0 Å². The van der Waals surface area contributed by atoms with Crippen molar-refractivity contribution < 1.29 is 22.4 Å². The average Bonchev–Trinajstić information content (AvgIpc) is 3.19. The lowest BCUT2D eigenvalue weighted by molar-refractivity contribution is -0.137. The lowest BCUT2D eigenvalue weighted by atomic mass is 10.1. The number of primary amides is 1. The molecule has 0 saturated heterocycles. The first kappa shape index (κ1) is 20.6. The minimum absolute atomic E-state index is 0.0595. The Labute approximate surface area is 178 Å². The summed E-state index contributed by atoms with van der Waals surface area (Å²) in [5, 5.41) is 0.584. The molecule has 0 atom stereocenters. The summed E-state index contributed by atoms with van der Waals surface area (Å²) in [7, 11) is 0. The van der Waals surface area contributed by atoms with Crippen molar-refractivity contribution in [2.45, 2.75) is 6.18 Å². The van der Waals surface area contributed by atoms with Crippen LogP contribution >= 0.6 is 11.6 Å². The summed E-state index contributed by atoms with van der Waals surface area (Å²) in [6.45, 7) is 0.213. The quantitative estimate of drug-likeness (QED) is 0.640. The third-order valence-corrected chi connectivity index (χ3v) is 5.04. The fourth-order valence-corrected chi connectivity index (χ4v) is 3.43. The van der Waals surface area contributed by atoms with Crippen LogP contribution in [-0.2, 0) is 6.18 Å². The third kappa shape index (κ3) is 3.77. The van der Waals surface area contributed by atoms with Crippen LogP contribution in [0.1, 0.15) is 5.56 Å². The topological polar surface area (TPSA) is 101 Å². The van der Waals surface area contributed by atoms with Crippen molar-refractivity contribution in [3.8, 4) is 0 Å². The maximum absolute atomic E-state index is 13.1. The molecule has 3 aromatic rings. The van der Waals surface area contributed by atoms with E-state index < -0.39 is 17.8 Å². The van der Waals surface area contributed by atoms with Gasteiger partial charge >= 0.3 is 12.2 Å². The van der Waals surface area contributed by atoms with Crippen LogP contribution < -0.4 is 32.0 Å². The van der Waals surface area contributed by atoms with Gasteiger partial charge in [0, 0.05) is 5.69 Å². The lowest BCUT2D eigenvalue weighted by Crippen LogP contribution is -2.42. The molecule has 0 aliphatic carbocycles. The Balaban J connectivity index is 1.71. The molecule has 2 amide bonds. The molecule has 0 spiro atoms. The average molecular weight is 450 g/mol. The Bertz CT molecular complexity index is 1270. The molecular formula is C20H15ClF3N5O2. The molecule has 2 aromatic carbocycles. The molecule has 2 heterocycles. The summed E-state index contributed by atoms with van der Waals surface area (Å²) in [6.07, 6.45) is -3.12. The van der Waals surface area contributed by atoms with Gasteiger partial charge in [-0.1, -0.05) is 11.6 Å². The number of hydrogen-bond acceptors (Lipinski definition) is 5. The zero-order valence-corrected chi connectivity index (χ0v) is 16.5. The van der Waals surface area contributed by atoms with E-state index in [-0.39, 0.29) is 23.1 Å². The van der Waals surface area contributed by atoms with Crippen molar-refractivity contribution in [3.05, 3.63) is 76.2 Å².